The van der Waals surface area contributed by atoms with Crippen molar-refractivity contribution >= 4 is 5.91 Å². The van der Waals surface area contributed by atoms with Gasteiger partial charge in [0.25, 0.3) is 5.91 Å². The van der Waals surface area contributed by atoms with E-state index in [4.69, 9.17) is 20.5 Å². The van der Waals surface area contributed by atoms with Crippen molar-refractivity contribution in [2.24, 2.45) is 5.73 Å². The van der Waals surface area contributed by atoms with Crippen LogP contribution in [0.5, 0.6) is 11.5 Å². The van der Waals surface area contributed by atoms with Crippen LogP contribution in [0, 0.1) is 23.0 Å². The Labute approximate surface area is 143 Å². The molecule has 1 amide bonds. The number of primary amides is 1. The van der Waals surface area contributed by atoms with E-state index in [1.807, 2.05) is 6.07 Å². The molecule has 5 nitrogen and oxygen atoms in total. The van der Waals surface area contributed by atoms with Crippen LogP contribution in [0.25, 0.3) is 0 Å². The Morgan fingerprint density at radius 1 is 1.04 bits per heavy atom. The standard InChI is InChI=1S/C18H16F2N2O3/c19-14-7-8-15(17(20)16(14)18(22)23)25-10-2-1-9-24-13-5-3-12(11-21)4-6-13/h3-8H,1-2,9-10H2,(H2,22,23). The van der Waals surface area contributed by atoms with Gasteiger partial charge in [-0.3, -0.25) is 4.79 Å². The first-order valence-corrected chi connectivity index (χ1v) is 7.56. The smallest absolute Gasteiger partial charge is 0.254 e. The molecule has 0 aliphatic heterocycles. The van der Waals surface area contributed by atoms with Crippen LogP contribution in [0.4, 0.5) is 8.78 Å². The second-order valence-electron chi connectivity index (χ2n) is 5.14. The largest absolute Gasteiger partial charge is 0.494 e. The number of rotatable bonds is 8. The molecule has 0 aliphatic carbocycles. The lowest BCUT2D eigenvalue weighted by Crippen LogP contribution is -2.16. The van der Waals surface area contributed by atoms with Gasteiger partial charge in [-0.1, -0.05) is 0 Å². The second-order valence-corrected chi connectivity index (χ2v) is 5.14. The lowest BCUT2D eigenvalue weighted by atomic mass is 10.1. The molecule has 0 spiro atoms. The summed E-state index contributed by atoms with van der Waals surface area (Å²) < 4.78 is 38.0. The first-order chi connectivity index (χ1) is 12.0. The summed E-state index contributed by atoms with van der Waals surface area (Å²) in [6.07, 6.45) is 1.21. The topological polar surface area (TPSA) is 85.3 Å². The average Bonchev–Trinajstić information content (AvgIpc) is 2.60. The zero-order valence-electron chi connectivity index (χ0n) is 13.3. The molecule has 0 saturated carbocycles. The van der Waals surface area contributed by atoms with Crippen molar-refractivity contribution in [3.8, 4) is 17.6 Å². The summed E-state index contributed by atoms with van der Waals surface area (Å²) in [5.74, 6) is -2.87. The molecule has 0 aromatic heterocycles. The molecule has 2 rings (SSSR count). The van der Waals surface area contributed by atoms with Gasteiger partial charge in [0.2, 0.25) is 0 Å². The van der Waals surface area contributed by atoms with Crippen LogP contribution >= 0.6 is 0 Å². The van der Waals surface area contributed by atoms with Gasteiger partial charge in [0.1, 0.15) is 17.1 Å². The number of ether oxygens (including phenoxy) is 2. The van der Waals surface area contributed by atoms with Crippen LogP contribution in [0.1, 0.15) is 28.8 Å². The zero-order valence-corrected chi connectivity index (χ0v) is 13.3. The average molecular weight is 346 g/mol. The van der Waals surface area contributed by atoms with Crippen LogP contribution in [-0.2, 0) is 0 Å². The van der Waals surface area contributed by atoms with E-state index in [2.05, 4.69) is 0 Å². The number of nitrogens with zero attached hydrogens (tertiary/aromatic N) is 1. The molecule has 2 aromatic rings. The van der Waals surface area contributed by atoms with Crippen molar-refractivity contribution in [2.45, 2.75) is 12.8 Å². The molecule has 7 heteroatoms. The summed E-state index contributed by atoms with van der Waals surface area (Å²) in [6.45, 7) is 0.602. The first-order valence-electron chi connectivity index (χ1n) is 7.56. The maximum absolute atomic E-state index is 13.9. The van der Waals surface area contributed by atoms with Crippen molar-refractivity contribution in [1.29, 1.82) is 5.26 Å². The Bertz CT molecular complexity index is 786. The van der Waals surface area contributed by atoms with E-state index in [0.29, 0.717) is 30.8 Å². The molecule has 0 saturated heterocycles. The van der Waals surface area contributed by atoms with E-state index in [9.17, 15) is 13.6 Å². The Kier molecular flexibility index (Phi) is 6.29. The van der Waals surface area contributed by atoms with E-state index < -0.39 is 23.1 Å². The monoisotopic (exact) mass is 346 g/mol. The molecule has 130 valence electrons. The van der Waals surface area contributed by atoms with E-state index in [-0.39, 0.29) is 12.4 Å². The Balaban J connectivity index is 1.75. The number of halogens is 2. The molecular weight excluding hydrogens is 330 g/mol. The van der Waals surface area contributed by atoms with Crippen molar-refractivity contribution in [3.05, 3.63) is 59.2 Å². The summed E-state index contributed by atoms with van der Waals surface area (Å²) in [5, 5.41) is 8.70. The summed E-state index contributed by atoms with van der Waals surface area (Å²) >= 11 is 0. The zero-order chi connectivity index (χ0) is 18.2. The third-order valence-electron chi connectivity index (χ3n) is 3.35. The van der Waals surface area contributed by atoms with Gasteiger partial charge in [-0.15, -0.1) is 0 Å². The van der Waals surface area contributed by atoms with Gasteiger partial charge >= 0.3 is 0 Å². The molecule has 2 N–H and O–H groups in total. The van der Waals surface area contributed by atoms with Crippen LogP contribution in [0.15, 0.2) is 36.4 Å². The highest BCUT2D eigenvalue weighted by Crippen LogP contribution is 2.23. The van der Waals surface area contributed by atoms with Crippen molar-refractivity contribution < 1.29 is 23.0 Å². The van der Waals surface area contributed by atoms with Gasteiger partial charge in [-0.05, 0) is 49.2 Å². The molecule has 0 unspecified atom stereocenters. The number of carbonyl (C=O) groups is 1. The highest BCUT2D eigenvalue weighted by molar-refractivity contribution is 5.93. The minimum Gasteiger partial charge on any atom is -0.494 e. The number of nitriles is 1. The van der Waals surface area contributed by atoms with Crippen LogP contribution < -0.4 is 15.2 Å². The van der Waals surface area contributed by atoms with Gasteiger partial charge in [-0.2, -0.15) is 5.26 Å². The molecular formula is C18H16F2N2O3. The normalized spacial score (nSPS) is 10.1. The predicted octanol–water partition coefficient (Wildman–Crippen LogP) is 3.17. The van der Waals surface area contributed by atoms with E-state index in [1.165, 1.54) is 0 Å². The Morgan fingerprint density at radius 3 is 2.28 bits per heavy atom. The minimum atomic E-state index is -1.18. The molecule has 2 aromatic carbocycles. The number of unbranched alkanes of at least 4 members (excludes halogenated alkanes) is 1. The molecule has 0 radical (unpaired) electrons. The van der Waals surface area contributed by atoms with Crippen molar-refractivity contribution in [2.75, 3.05) is 13.2 Å². The van der Waals surface area contributed by atoms with Crippen LogP contribution in [-0.4, -0.2) is 19.1 Å². The van der Waals surface area contributed by atoms with Crippen LogP contribution in [0.3, 0.4) is 0 Å². The van der Waals surface area contributed by atoms with Crippen molar-refractivity contribution in [1.82, 2.24) is 0 Å². The van der Waals surface area contributed by atoms with Gasteiger partial charge in [0.05, 0.1) is 24.8 Å². The fraction of sp³-hybridized carbons (Fsp3) is 0.222. The van der Waals surface area contributed by atoms with Gasteiger partial charge in [0, 0.05) is 0 Å². The lowest BCUT2D eigenvalue weighted by molar-refractivity contribution is 0.0991. The molecule has 0 fully saturated rings. The Morgan fingerprint density at radius 2 is 1.68 bits per heavy atom. The maximum atomic E-state index is 13.9. The molecule has 0 heterocycles. The fourth-order valence-electron chi connectivity index (χ4n) is 2.07. The molecule has 25 heavy (non-hydrogen) atoms. The highest BCUT2D eigenvalue weighted by atomic mass is 19.1. The fourth-order valence-corrected chi connectivity index (χ4v) is 2.07. The summed E-state index contributed by atoms with van der Waals surface area (Å²) in [4.78, 5) is 11.0. The number of nitrogens with two attached hydrogens (primary N) is 1. The summed E-state index contributed by atoms with van der Waals surface area (Å²) in [7, 11) is 0. The SMILES string of the molecule is N#Cc1ccc(OCCCCOc2ccc(F)c(C(N)=O)c2F)cc1. The maximum Gasteiger partial charge on any atom is 0.254 e. The molecule has 0 atom stereocenters. The lowest BCUT2D eigenvalue weighted by Gasteiger charge is -2.10. The first kappa shape index (κ1) is 18.2. The molecule has 0 aliphatic rings. The number of benzene rings is 2. The van der Waals surface area contributed by atoms with Crippen LogP contribution in [0.2, 0.25) is 0 Å². The van der Waals surface area contributed by atoms with E-state index in [0.717, 1.165) is 12.1 Å². The number of hydrogen-bond acceptors (Lipinski definition) is 4. The van der Waals surface area contributed by atoms with Gasteiger partial charge in [0.15, 0.2) is 11.6 Å². The number of amides is 1. The van der Waals surface area contributed by atoms with Gasteiger partial charge < -0.3 is 15.2 Å². The highest BCUT2D eigenvalue weighted by Gasteiger charge is 2.19. The second kappa shape index (κ2) is 8.64. The third-order valence-corrected chi connectivity index (χ3v) is 3.35. The quantitative estimate of drug-likeness (QED) is 0.744. The van der Waals surface area contributed by atoms with Crippen molar-refractivity contribution in [3.63, 3.8) is 0 Å². The van der Waals surface area contributed by atoms with E-state index >= 15 is 0 Å². The predicted molar refractivity (Wildman–Crippen MR) is 86.3 cm³/mol. The molecule has 0 bridgehead atoms. The Hall–Kier alpha value is -3.14. The third kappa shape index (κ3) is 4.91. The van der Waals surface area contributed by atoms with Gasteiger partial charge in [-0.25, -0.2) is 8.78 Å². The van der Waals surface area contributed by atoms with E-state index in [1.54, 1.807) is 24.3 Å². The summed E-state index contributed by atoms with van der Waals surface area (Å²) in [5.41, 5.74) is 4.69. The minimum absolute atomic E-state index is 0.178. The summed E-state index contributed by atoms with van der Waals surface area (Å²) in [6, 6.07) is 10.8. The number of carbonyl (C=O) groups excluding carboxylic acids is 1. The number of hydrogen-bond donors (Lipinski definition) is 1.